The molecule has 0 amide bonds. The van der Waals surface area contributed by atoms with E-state index >= 15 is 0 Å². The minimum atomic E-state index is -0.828. The Hall–Kier alpha value is -3.56. The van der Waals surface area contributed by atoms with Gasteiger partial charge in [0.1, 0.15) is 17.9 Å². The molecular formula is C17H19N7O3. The molecule has 2 heterocycles. The predicted octanol–water partition coefficient (Wildman–Crippen LogP) is 0.311. The fraction of sp³-hybridized carbons (Fsp3) is 0.294. The van der Waals surface area contributed by atoms with Gasteiger partial charge < -0.3 is 5.73 Å². The van der Waals surface area contributed by atoms with Crippen molar-refractivity contribution in [3.63, 3.8) is 0 Å². The summed E-state index contributed by atoms with van der Waals surface area (Å²) in [6.07, 6.45) is 0. The van der Waals surface area contributed by atoms with Gasteiger partial charge in [0.25, 0.3) is 5.56 Å². The molecule has 10 heteroatoms. The van der Waals surface area contributed by atoms with Gasteiger partial charge in [-0.1, -0.05) is 44.2 Å². The average Bonchev–Trinajstić information content (AvgIpc) is 3.07. The van der Waals surface area contributed by atoms with Gasteiger partial charge in [0.15, 0.2) is 5.78 Å². The molecule has 0 fully saturated rings. The van der Waals surface area contributed by atoms with Crippen molar-refractivity contribution >= 4 is 11.6 Å². The largest absolute Gasteiger partial charge is 0.384 e. The summed E-state index contributed by atoms with van der Waals surface area (Å²) in [7, 11) is 0. The van der Waals surface area contributed by atoms with Crippen molar-refractivity contribution in [2.75, 3.05) is 5.73 Å². The van der Waals surface area contributed by atoms with Gasteiger partial charge in [-0.15, -0.1) is 10.2 Å². The Bertz CT molecular complexity index is 1080. The number of rotatable bonds is 6. The van der Waals surface area contributed by atoms with Crippen LogP contribution in [0.2, 0.25) is 0 Å². The number of nitrogens with zero attached hydrogens (tertiary/aromatic N) is 5. The van der Waals surface area contributed by atoms with Gasteiger partial charge in [-0.25, -0.2) is 4.79 Å². The zero-order chi connectivity index (χ0) is 19.6. The summed E-state index contributed by atoms with van der Waals surface area (Å²) in [5.74, 6) is -0.312. The molecule has 1 aromatic carbocycles. The molecule has 3 rings (SSSR count). The number of tetrazole rings is 1. The minimum Gasteiger partial charge on any atom is -0.384 e. The Kier molecular flexibility index (Phi) is 4.97. The monoisotopic (exact) mass is 369 g/mol. The average molecular weight is 369 g/mol. The summed E-state index contributed by atoms with van der Waals surface area (Å²) >= 11 is 0. The van der Waals surface area contributed by atoms with E-state index in [0.29, 0.717) is 5.82 Å². The first kappa shape index (κ1) is 18.2. The van der Waals surface area contributed by atoms with Crippen LogP contribution in [0.25, 0.3) is 11.4 Å². The summed E-state index contributed by atoms with van der Waals surface area (Å²) < 4.78 is 1.18. The molecule has 0 atom stereocenters. The molecule has 2 aromatic heterocycles. The van der Waals surface area contributed by atoms with Crippen molar-refractivity contribution in [1.29, 1.82) is 0 Å². The summed E-state index contributed by atoms with van der Waals surface area (Å²) in [5.41, 5.74) is 4.93. The highest BCUT2D eigenvalue weighted by atomic mass is 16.2. The maximum absolute atomic E-state index is 12.6. The number of anilines is 1. The summed E-state index contributed by atoms with van der Waals surface area (Å²) in [4.78, 5) is 39.9. The van der Waals surface area contributed by atoms with Crippen LogP contribution in [0.5, 0.6) is 0 Å². The molecule has 0 radical (unpaired) electrons. The van der Waals surface area contributed by atoms with Crippen molar-refractivity contribution in [2.24, 2.45) is 5.92 Å². The molecule has 27 heavy (non-hydrogen) atoms. The number of hydrogen-bond donors (Lipinski definition) is 2. The first-order valence-electron chi connectivity index (χ1n) is 8.36. The molecule has 0 aliphatic rings. The number of nitrogens with one attached hydrogen (secondary N) is 1. The first-order valence-corrected chi connectivity index (χ1v) is 8.36. The second-order valence-electron chi connectivity index (χ2n) is 6.46. The maximum Gasteiger partial charge on any atom is 0.329 e. The second kappa shape index (κ2) is 7.36. The highest BCUT2D eigenvalue weighted by Crippen LogP contribution is 2.12. The Morgan fingerprint density at radius 1 is 1.22 bits per heavy atom. The number of nitrogens with two attached hydrogens (primary N) is 1. The van der Waals surface area contributed by atoms with E-state index < -0.39 is 17.0 Å². The molecule has 0 bridgehead atoms. The molecule has 0 saturated carbocycles. The standard InChI is InChI=1S/C17H19N7O3/c1-10(2)8-23-14(18)13(16(26)19-17(23)27)12(25)9-24-21-15(20-22-24)11-6-4-3-5-7-11/h3-7,10H,8-9,18H2,1-2H3,(H,19,26,27). The Labute approximate surface area is 153 Å². The number of Topliss-reactive ketones (excluding diaryl/α,β-unsaturated/α-hetero) is 1. The van der Waals surface area contributed by atoms with Crippen molar-refractivity contribution in [2.45, 2.75) is 26.9 Å². The lowest BCUT2D eigenvalue weighted by atomic mass is 10.1. The van der Waals surface area contributed by atoms with E-state index in [1.165, 1.54) is 4.57 Å². The Morgan fingerprint density at radius 2 is 1.93 bits per heavy atom. The number of nitrogen functional groups attached to an aromatic ring is 1. The van der Waals surface area contributed by atoms with Crippen LogP contribution in [-0.2, 0) is 13.1 Å². The molecule has 0 aliphatic heterocycles. The van der Waals surface area contributed by atoms with Gasteiger partial charge in [-0.05, 0) is 11.1 Å². The number of benzene rings is 1. The first-order chi connectivity index (χ1) is 12.9. The number of hydrogen-bond acceptors (Lipinski definition) is 7. The van der Waals surface area contributed by atoms with Gasteiger partial charge in [0.2, 0.25) is 5.82 Å². The fourth-order valence-electron chi connectivity index (χ4n) is 2.62. The molecule has 0 saturated heterocycles. The third-order valence-corrected chi connectivity index (χ3v) is 3.84. The predicted molar refractivity (Wildman–Crippen MR) is 98.2 cm³/mol. The van der Waals surface area contributed by atoms with Gasteiger partial charge in [-0.2, -0.15) is 4.80 Å². The third-order valence-electron chi connectivity index (χ3n) is 3.84. The fourth-order valence-corrected chi connectivity index (χ4v) is 2.62. The molecule has 3 N–H and O–H groups in total. The van der Waals surface area contributed by atoms with Crippen molar-refractivity contribution < 1.29 is 4.79 Å². The van der Waals surface area contributed by atoms with Crippen LogP contribution < -0.4 is 17.0 Å². The van der Waals surface area contributed by atoms with E-state index in [1.807, 2.05) is 44.2 Å². The molecule has 140 valence electrons. The van der Waals surface area contributed by atoms with Crippen LogP contribution in [0.4, 0.5) is 5.82 Å². The smallest absolute Gasteiger partial charge is 0.329 e. The highest BCUT2D eigenvalue weighted by Gasteiger charge is 2.21. The van der Waals surface area contributed by atoms with E-state index in [-0.39, 0.29) is 30.4 Å². The van der Waals surface area contributed by atoms with E-state index in [9.17, 15) is 14.4 Å². The number of aromatic nitrogens is 6. The highest BCUT2D eigenvalue weighted by molar-refractivity contribution is 5.99. The third kappa shape index (κ3) is 3.84. The van der Waals surface area contributed by atoms with Crippen molar-refractivity contribution in [3.8, 4) is 11.4 Å². The van der Waals surface area contributed by atoms with E-state index in [2.05, 4.69) is 20.4 Å². The van der Waals surface area contributed by atoms with Crippen LogP contribution in [0.3, 0.4) is 0 Å². The van der Waals surface area contributed by atoms with E-state index in [1.54, 1.807) is 0 Å². The van der Waals surface area contributed by atoms with Gasteiger partial charge in [0, 0.05) is 12.1 Å². The van der Waals surface area contributed by atoms with Crippen LogP contribution in [0, 0.1) is 5.92 Å². The topological polar surface area (TPSA) is 142 Å². The molecule has 0 spiro atoms. The molecule has 3 aromatic rings. The molecule has 0 unspecified atom stereocenters. The summed E-state index contributed by atoms with van der Waals surface area (Å²) in [6, 6.07) is 9.15. The second-order valence-corrected chi connectivity index (χ2v) is 6.46. The SMILES string of the molecule is CC(C)Cn1c(N)c(C(=O)Cn2nnc(-c3ccccc3)n2)c(=O)[nH]c1=O. The van der Waals surface area contributed by atoms with E-state index in [0.717, 1.165) is 10.4 Å². The van der Waals surface area contributed by atoms with Gasteiger partial charge in [0.05, 0.1) is 0 Å². The number of carbonyl (C=O) groups excluding carboxylic acids is 1. The quantitative estimate of drug-likeness (QED) is 0.596. The normalized spacial score (nSPS) is 11.1. The summed E-state index contributed by atoms with van der Waals surface area (Å²) in [6.45, 7) is 3.74. The number of aromatic amines is 1. The van der Waals surface area contributed by atoms with Crippen LogP contribution >= 0.6 is 0 Å². The van der Waals surface area contributed by atoms with Crippen molar-refractivity contribution in [3.05, 3.63) is 56.7 Å². The van der Waals surface area contributed by atoms with Crippen LogP contribution in [0.15, 0.2) is 39.9 Å². The number of H-pyrrole nitrogens is 1. The van der Waals surface area contributed by atoms with Crippen LogP contribution in [-0.4, -0.2) is 35.5 Å². The lowest BCUT2D eigenvalue weighted by Gasteiger charge is -2.13. The van der Waals surface area contributed by atoms with Crippen LogP contribution in [0.1, 0.15) is 24.2 Å². The maximum atomic E-state index is 12.6. The molecule has 10 nitrogen and oxygen atoms in total. The number of carbonyl (C=O) groups is 1. The zero-order valence-corrected chi connectivity index (χ0v) is 14.9. The van der Waals surface area contributed by atoms with E-state index in [4.69, 9.17) is 5.73 Å². The Balaban J connectivity index is 1.90. The lowest BCUT2D eigenvalue weighted by molar-refractivity contribution is 0.0960. The number of ketones is 1. The Morgan fingerprint density at radius 3 is 2.59 bits per heavy atom. The molecule has 0 aliphatic carbocycles. The van der Waals surface area contributed by atoms with Gasteiger partial charge in [-0.3, -0.25) is 19.1 Å². The molecular weight excluding hydrogens is 350 g/mol. The summed E-state index contributed by atoms with van der Waals surface area (Å²) in [5, 5.41) is 11.9. The zero-order valence-electron chi connectivity index (χ0n) is 14.9. The van der Waals surface area contributed by atoms with Crippen molar-refractivity contribution in [1.82, 2.24) is 29.8 Å². The lowest BCUT2D eigenvalue weighted by Crippen LogP contribution is -2.37. The van der Waals surface area contributed by atoms with Gasteiger partial charge >= 0.3 is 5.69 Å². The minimum absolute atomic E-state index is 0.101.